The first-order valence-corrected chi connectivity index (χ1v) is 6.80. The third kappa shape index (κ3) is 3.27. The van der Waals surface area contributed by atoms with Crippen LogP contribution in [-0.2, 0) is 10.0 Å². The summed E-state index contributed by atoms with van der Waals surface area (Å²) < 4.78 is 26.3. The molecule has 1 heterocycles. The fourth-order valence-corrected chi connectivity index (χ4v) is 2.66. The summed E-state index contributed by atoms with van der Waals surface area (Å²) in [6.07, 6.45) is 2.43. The Morgan fingerprint density at radius 2 is 2.22 bits per heavy atom. The third-order valence-electron chi connectivity index (χ3n) is 2.20. The predicted octanol–water partition coefficient (Wildman–Crippen LogP) is 0.924. The molecule has 0 aliphatic heterocycles. The van der Waals surface area contributed by atoms with E-state index in [2.05, 4.69) is 9.71 Å². The highest BCUT2D eigenvalue weighted by molar-refractivity contribution is 7.89. The van der Waals surface area contributed by atoms with Gasteiger partial charge in [-0.25, -0.2) is 13.4 Å². The van der Waals surface area contributed by atoms with E-state index in [-0.39, 0.29) is 10.6 Å². The van der Waals surface area contributed by atoms with Crippen LogP contribution in [0.1, 0.15) is 25.5 Å². The smallest absolute Gasteiger partial charge is 0.244 e. The molecule has 0 spiro atoms. The first-order valence-electron chi connectivity index (χ1n) is 5.32. The van der Waals surface area contributed by atoms with Gasteiger partial charge in [0, 0.05) is 6.20 Å². The number of pyridine rings is 1. The Hall–Kier alpha value is -1.96. The first kappa shape index (κ1) is 14.1. The van der Waals surface area contributed by atoms with Gasteiger partial charge < -0.3 is 0 Å². The van der Waals surface area contributed by atoms with E-state index in [9.17, 15) is 8.42 Å². The molecule has 6 nitrogen and oxygen atoms in total. The van der Waals surface area contributed by atoms with Crippen LogP contribution in [0.3, 0.4) is 0 Å². The summed E-state index contributed by atoms with van der Waals surface area (Å²) in [5, 5.41) is 17.6. The molecule has 7 heteroatoms. The van der Waals surface area contributed by atoms with Gasteiger partial charge in [0.1, 0.15) is 17.0 Å². The Labute approximate surface area is 106 Å². The van der Waals surface area contributed by atoms with Gasteiger partial charge in [-0.2, -0.15) is 15.2 Å². The maximum absolute atomic E-state index is 12.0. The molecule has 0 bridgehead atoms. The zero-order chi connectivity index (χ0) is 13.6. The Bertz CT molecular complexity index is 598. The Morgan fingerprint density at radius 1 is 1.50 bits per heavy atom. The molecule has 0 aliphatic carbocycles. The van der Waals surface area contributed by atoms with Crippen LogP contribution in [0.5, 0.6) is 0 Å². The number of nitrogens with zero attached hydrogens (tertiary/aromatic N) is 3. The van der Waals surface area contributed by atoms with Crippen LogP contribution < -0.4 is 4.72 Å². The predicted molar refractivity (Wildman–Crippen MR) is 63.6 cm³/mol. The number of sulfonamides is 1. The van der Waals surface area contributed by atoms with Crippen molar-refractivity contribution in [1.82, 2.24) is 9.71 Å². The van der Waals surface area contributed by atoms with E-state index in [4.69, 9.17) is 10.5 Å². The summed E-state index contributed by atoms with van der Waals surface area (Å²) in [6, 6.07) is 5.50. The summed E-state index contributed by atoms with van der Waals surface area (Å²) in [6.45, 7) is 1.85. The van der Waals surface area contributed by atoms with Crippen molar-refractivity contribution in [2.75, 3.05) is 0 Å². The van der Waals surface area contributed by atoms with Gasteiger partial charge in [-0.3, -0.25) is 0 Å². The highest BCUT2D eigenvalue weighted by Gasteiger charge is 2.22. The zero-order valence-corrected chi connectivity index (χ0v) is 10.6. The van der Waals surface area contributed by atoms with Crippen molar-refractivity contribution >= 4 is 10.0 Å². The minimum atomic E-state index is -3.89. The fraction of sp³-hybridized carbons (Fsp3) is 0.364. The molecule has 0 radical (unpaired) electrons. The molecule has 0 aliphatic rings. The van der Waals surface area contributed by atoms with E-state index in [0.717, 1.165) is 0 Å². The van der Waals surface area contributed by atoms with E-state index in [1.165, 1.54) is 18.3 Å². The van der Waals surface area contributed by atoms with Crippen molar-refractivity contribution < 1.29 is 8.42 Å². The SMILES string of the molecule is CCCC(C#N)NS(=O)(=O)c1cccnc1C#N. The first-order chi connectivity index (χ1) is 8.55. The molecule has 1 rings (SSSR count). The number of rotatable bonds is 5. The molecular formula is C11H12N4O2S. The van der Waals surface area contributed by atoms with Gasteiger partial charge in [0.2, 0.25) is 10.0 Å². The van der Waals surface area contributed by atoms with Gasteiger partial charge in [-0.15, -0.1) is 0 Å². The molecule has 1 atom stereocenters. The molecule has 0 amide bonds. The average molecular weight is 264 g/mol. The summed E-state index contributed by atoms with van der Waals surface area (Å²) in [7, 11) is -3.89. The standard InChI is InChI=1S/C11H12N4O2S/c1-2-4-9(7-12)15-18(16,17)11-5-3-6-14-10(11)8-13/h3,5-6,9,15H,2,4H2,1H3. The highest BCUT2D eigenvalue weighted by atomic mass is 32.2. The van der Waals surface area contributed by atoms with Gasteiger partial charge in [0.15, 0.2) is 5.69 Å². The van der Waals surface area contributed by atoms with Crippen molar-refractivity contribution in [3.05, 3.63) is 24.0 Å². The zero-order valence-electron chi connectivity index (χ0n) is 9.79. The number of hydrogen-bond donors (Lipinski definition) is 1. The van der Waals surface area contributed by atoms with Gasteiger partial charge in [-0.05, 0) is 18.6 Å². The number of nitriles is 2. The second kappa shape index (κ2) is 6.10. The summed E-state index contributed by atoms with van der Waals surface area (Å²) in [4.78, 5) is 3.47. The van der Waals surface area contributed by atoms with Gasteiger partial charge >= 0.3 is 0 Å². The molecule has 1 aromatic heterocycles. The lowest BCUT2D eigenvalue weighted by molar-refractivity contribution is 0.562. The van der Waals surface area contributed by atoms with Crippen molar-refractivity contribution in [1.29, 1.82) is 10.5 Å². The van der Waals surface area contributed by atoms with Crippen molar-refractivity contribution in [2.24, 2.45) is 0 Å². The Kier molecular flexibility index (Phi) is 4.78. The molecule has 1 N–H and O–H groups in total. The van der Waals surface area contributed by atoms with Crippen LogP contribution in [0, 0.1) is 22.7 Å². The maximum Gasteiger partial charge on any atom is 0.244 e. The molecule has 94 valence electrons. The summed E-state index contributed by atoms with van der Waals surface area (Å²) >= 11 is 0. The topological polar surface area (TPSA) is 107 Å². The van der Waals surface area contributed by atoms with Crippen molar-refractivity contribution in [3.63, 3.8) is 0 Å². The minimum absolute atomic E-state index is 0.182. The van der Waals surface area contributed by atoms with Crippen molar-refractivity contribution in [3.8, 4) is 12.1 Å². The van der Waals surface area contributed by atoms with Crippen LogP contribution >= 0.6 is 0 Å². The number of aromatic nitrogens is 1. The summed E-state index contributed by atoms with van der Waals surface area (Å²) in [5.74, 6) is 0. The molecule has 0 saturated carbocycles. The lowest BCUT2D eigenvalue weighted by Gasteiger charge is -2.11. The van der Waals surface area contributed by atoms with Gasteiger partial charge in [0.05, 0.1) is 6.07 Å². The van der Waals surface area contributed by atoms with Crippen molar-refractivity contribution in [2.45, 2.75) is 30.7 Å². The maximum atomic E-state index is 12.0. The Morgan fingerprint density at radius 3 is 2.78 bits per heavy atom. The summed E-state index contributed by atoms with van der Waals surface area (Å²) in [5.41, 5.74) is -0.182. The molecule has 0 saturated heterocycles. The van der Waals surface area contributed by atoms with Gasteiger partial charge in [-0.1, -0.05) is 13.3 Å². The number of hydrogen-bond acceptors (Lipinski definition) is 5. The molecule has 1 unspecified atom stereocenters. The molecule has 18 heavy (non-hydrogen) atoms. The average Bonchev–Trinajstić information content (AvgIpc) is 2.38. The largest absolute Gasteiger partial charge is 0.244 e. The normalized spacial score (nSPS) is 12.4. The number of nitrogens with one attached hydrogen (secondary N) is 1. The third-order valence-corrected chi connectivity index (χ3v) is 3.70. The van der Waals surface area contributed by atoms with E-state index < -0.39 is 16.1 Å². The molecule has 0 aromatic carbocycles. The quantitative estimate of drug-likeness (QED) is 0.851. The Balaban J connectivity index is 3.08. The van der Waals surface area contributed by atoms with E-state index >= 15 is 0 Å². The highest BCUT2D eigenvalue weighted by Crippen LogP contribution is 2.13. The van der Waals surface area contributed by atoms with E-state index in [1.54, 1.807) is 6.07 Å². The van der Waals surface area contributed by atoms with Crippen LogP contribution in [0.4, 0.5) is 0 Å². The van der Waals surface area contributed by atoms with E-state index in [0.29, 0.717) is 12.8 Å². The van der Waals surface area contributed by atoms with Crippen LogP contribution in [0.25, 0.3) is 0 Å². The molecular weight excluding hydrogens is 252 g/mol. The lowest BCUT2D eigenvalue weighted by Crippen LogP contribution is -2.34. The lowest BCUT2D eigenvalue weighted by atomic mass is 10.2. The van der Waals surface area contributed by atoms with Crippen LogP contribution in [0.15, 0.2) is 23.2 Å². The molecule has 0 fully saturated rings. The second-order valence-electron chi connectivity index (χ2n) is 3.55. The van der Waals surface area contributed by atoms with Gasteiger partial charge in [0.25, 0.3) is 0 Å². The fourth-order valence-electron chi connectivity index (χ4n) is 1.38. The van der Waals surface area contributed by atoms with E-state index in [1.807, 2.05) is 13.0 Å². The monoisotopic (exact) mass is 264 g/mol. The van der Waals surface area contributed by atoms with Crippen LogP contribution in [-0.4, -0.2) is 19.4 Å². The second-order valence-corrected chi connectivity index (χ2v) is 5.24. The van der Waals surface area contributed by atoms with Crippen LogP contribution in [0.2, 0.25) is 0 Å². The minimum Gasteiger partial charge on any atom is -0.244 e. The molecule has 1 aromatic rings.